The molecule has 13 heavy (non-hydrogen) atoms. The van der Waals surface area contributed by atoms with Gasteiger partial charge in [-0.3, -0.25) is 0 Å². The highest BCUT2D eigenvalue weighted by molar-refractivity contribution is 14.1. The lowest BCUT2D eigenvalue weighted by atomic mass is 10.0. The quantitative estimate of drug-likeness (QED) is 0.748. The number of nitrogens with two attached hydrogens (primary N) is 1. The van der Waals surface area contributed by atoms with Crippen molar-refractivity contribution < 1.29 is 4.74 Å². The van der Waals surface area contributed by atoms with E-state index in [0.29, 0.717) is 6.61 Å². The van der Waals surface area contributed by atoms with Crippen LogP contribution in [0, 0.1) is 3.57 Å². The van der Waals surface area contributed by atoms with Gasteiger partial charge in [-0.2, -0.15) is 0 Å². The van der Waals surface area contributed by atoms with E-state index in [9.17, 15) is 0 Å². The second-order valence-corrected chi connectivity index (χ2v) is 4.50. The van der Waals surface area contributed by atoms with Crippen molar-refractivity contribution in [1.82, 2.24) is 0 Å². The molecule has 2 nitrogen and oxygen atoms in total. The van der Waals surface area contributed by atoms with E-state index in [4.69, 9.17) is 22.1 Å². The highest BCUT2D eigenvalue weighted by Crippen LogP contribution is 2.37. The fourth-order valence-electron chi connectivity index (χ4n) is 1.46. The normalized spacial score (nSPS) is 20.7. The van der Waals surface area contributed by atoms with Crippen molar-refractivity contribution in [2.75, 3.05) is 6.61 Å². The Kier molecular flexibility index (Phi) is 2.67. The first kappa shape index (κ1) is 9.55. The summed E-state index contributed by atoms with van der Waals surface area (Å²) in [5.74, 6) is 0.882. The molecule has 1 aliphatic heterocycles. The van der Waals surface area contributed by atoms with Crippen molar-refractivity contribution in [2.24, 2.45) is 5.73 Å². The molecule has 0 saturated carbocycles. The zero-order chi connectivity index (χ0) is 9.42. The maximum Gasteiger partial charge on any atom is 0.125 e. The van der Waals surface area contributed by atoms with Crippen LogP contribution in [0.25, 0.3) is 0 Å². The fourth-order valence-corrected chi connectivity index (χ4v) is 2.47. The lowest BCUT2D eigenvalue weighted by molar-refractivity contribution is 0.268. The average molecular weight is 310 g/mol. The molecule has 0 aromatic heterocycles. The number of hydrogen-bond donors (Lipinski definition) is 1. The molecule has 0 amide bonds. The van der Waals surface area contributed by atoms with Crippen LogP contribution in [-0.4, -0.2) is 6.61 Å². The van der Waals surface area contributed by atoms with E-state index in [0.717, 1.165) is 26.3 Å². The first-order valence-electron chi connectivity index (χ1n) is 4.06. The molecule has 1 atom stereocenters. The summed E-state index contributed by atoms with van der Waals surface area (Å²) in [5.41, 5.74) is 7.03. The molecule has 1 aromatic carbocycles. The molecular formula is C9H9ClINO. The van der Waals surface area contributed by atoms with E-state index in [2.05, 4.69) is 22.6 Å². The molecule has 0 fully saturated rings. The van der Waals surface area contributed by atoms with E-state index in [1.54, 1.807) is 0 Å². The van der Waals surface area contributed by atoms with Gasteiger partial charge in [0.1, 0.15) is 5.75 Å². The molecule has 0 radical (unpaired) electrons. The Morgan fingerprint density at radius 2 is 2.31 bits per heavy atom. The van der Waals surface area contributed by atoms with Gasteiger partial charge in [-0.15, -0.1) is 0 Å². The van der Waals surface area contributed by atoms with E-state index in [-0.39, 0.29) is 6.04 Å². The number of ether oxygens (including phenoxy) is 1. The van der Waals surface area contributed by atoms with Gasteiger partial charge in [-0.05, 0) is 34.7 Å². The molecule has 0 saturated heterocycles. The zero-order valence-corrected chi connectivity index (χ0v) is 9.80. The minimum atomic E-state index is 0.0642. The first-order chi connectivity index (χ1) is 6.20. The molecule has 4 heteroatoms. The minimum absolute atomic E-state index is 0.0642. The van der Waals surface area contributed by atoms with Gasteiger partial charge in [0.05, 0.1) is 11.6 Å². The molecule has 1 unspecified atom stereocenters. The lowest BCUT2D eigenvalue weighted by Crippen LogP contribution is -2.21. The summed E-state index contributed by atoms with van der Waals surface area (Å²) in [7, 11) is 0. The highest BCUT2D eigenvalue weighted by Gasteiger charge is 2.21. The van der Waals surface area contributed by atoms with Gasteiger partial charge in [-0.1, -0.05) is 11.6 Å². The van der Waals surface area contributed by atoms with Crippen molar-refractivity contribution in [3.05, 3.63) is 26.3 Å². The molecule has 0 aliphatic carbocycles. The molecule has 70 valence electrons. The Labute approximate surface area is 95.5 Å². The van der Waals surface area contributed by atoms with Crippen LogP contribution >= 0.6 is 34.2 Å². The Morgan fingerprint density at radius 1 is 1.54 bits per heavy atom. The topological polar surface area (TPSA) is 35.2 Å². The van der Waals surface area contributed by atoms with Crippen molar-refractivity contribution in [3.63, 3.8) is 0 Å². The zero-order valence-electron chi connectivity index (χ0n) is 6.89. The van der Waals surface area contributed by atoms with Crippen LogP contribution in [0.5, 0.6) is 5.75 Å². The lowest BCUT2D eigenvalue weighted by Gasteiger charge is -2.24. The summed E-state index contributed by atoms with van der Waals surface area (Å²) < 4.78 is 6.50. The third kappa shape index (κ3) is 1.65. The van der Waals surface area contributed by atoms with Crippen LogP contribution < -0.4 is 10.5 Å². The molecule has 0 bridgehead atoms. The van der Waals surface area contributed by atoms with Crippen LogP contribution in [-0.2, 0) is 0 Å². The standard InChI is InChI=1S/C9H9ClINO/c10-5-1-2-7-8(9(5)11)6(12)3-4-13-7/h1-2,6H,3-4,12H2. The fraction of sp³-hybridized carbons (Fsp3) is 0.333. The summed E-state index contributed by atoms with van der Waals surface area (Å²) in [6.45, 7) is 0.700. The van der Waals surface area contributed by atoms with Gasteiger partial charge in [0.2, 0.25) is 0 Å². The van der Waals surface area contributed by atoms with Crippen molar-refractivity contribution in [2.45, 2.75) is 12.5 Å². The Bertz CT molecular complexity index is 343. The Hall–Kier alpha value is -0.000000000000000111. The molecule has 1 aromatic rings. The Balaban J connectivity index is 2.58. The number of hydrogen-bond acceptors (Lipinski definition) is 2. The SMILES string of the molecule is NC1CCOc2ccc(Cl)c(I)c21. The molecule has 2 N–H and O–H groups in total. The third-order valence-electron chi connectivity index (χ3n) is 2.15. The number of fused-ring (bicyclic) bond motifs is 1. The van der Waals surface area contributed by atoms with E-state index in [1.165, 1.54) is 0 Å². The molecule has 1 aliphatic rings. The predicted molar refractivity (Wildman–Crippen MR) is 61.2 cm³/mol. The van der Waals surface area contributed by atoms with E-state index >= 15 is 0 Å². The van der Waals surface area contributed by atoms with Crippen molar-refractivity contribution >= 4 is 34.2 Å². The highest BCUT2D eigenvalue weighted by atomic mass is 127. The first-order valence-corrected chi connectivity index (χ1v) is 5.52. The Morgan fingerprint density at radius 3 is 3.08 bits per heavy atom. The van der Waals surface area contributed by atoms with Crippen molar-refractivity contribution in [3.8, 4) is 5.75 Å². The van der Waals surface area contributed by atoms with Gasteiger partial charge in [-0.25, -0.2) is 0 Å². The monoisotopic (exact) mass is 309 g/mol. The van der Waals surface area contributed by atoms with Crippen LogP contribution in [0.15, 0.2) is 12.1 Å². The second kappa shape index (κ2) is 3.63. The number of halogens is 2. The number of rotatable bonds is 0. The maximum atomic E-state index is 5.99. The minimum Gasteiger partial charge on any atom is -0.493 e. The van der Waals surface area contributed by atoms with Crippen LogP contribution in [0.3, 0.4) is 0 Å². The van der Waals surface area contributed by atoms with E-state index < -0.39 is 0 Å². The van der Waals surface area contributed by atoms with Gasteiger partial charge >= 0.3 is 0 Å². The molecule has 1 heterocycles. The predicted octanol–water partition coefficient (Wildman–Crippen LogP) is 2.73. The van der Waals surface area contributed by atoms with Crippen LogP contribution in [0.2, 0.25) is 5.02 Å². The van der Waals surface area contributed by atoms with Gasteiger partial charge < -0.3 is 10.5 Å². The maximum absolute atomic E-state index is 5.99. The van der Waals surface area contributed by atoms with Gasteiger partial charge in [0, 0.05) is 21.6 Å². The van der Waals surface area contributed by atoms with Crippen LogP contribution in [0.1, 0.15) is 18.0 Å². The summed E-state index contributed by atoms with van der Waals surface area (Å²) in [6.07, 6.45) is 0.864. The largest absolute Gasteiger partial charge is 0.493 e. The summed E-state index contributed by atoms with van der Waals surface area (Å²) in [5, 5.41) is 0.750. The second-order valence-electron chi connectivity index (χ2n) is 3.02. The average Bonchev–Trinajstić information content (AvgIpc) is 2.12. The smallest absolute Gasteiger partial charge is 0.125 e. The molecule has 2 rings (SSSR count). The van der Waals surface area contributed by atoms with E-state index in [1.807, 2.05) is 12.1 Å². The third-order valence-corrected chi connectivity index (χ3v) is 3.95. The number of benzene rings is 1. The van der Waals surface area contributed by atoms with Crippen LogP contribution in [0.4, 0.5) is 0 Å². The summed E-state index contributed by atoms with van der Waals surface area (Å²) >= 11 is 8.20. The summed E-state index contributed by atoms with van der Waals surface area (Å²) in [6, 6.07) is 3.80. The van der Waals surface area contributed by atoms with Gasteiger partial charge in [0.15, 0.2) is 0 Å². The van der Waals surface area contributed by atoms with Crippen molar-refractivity contribution in [1.29, 1.82) is 0 Å². The molecule has 0 spiro atoms. The summed E-state index contributed by atoms with van der Waals surface area (Å²) in [4.78, 5) is 0. The molecular weight excluding hydrogens is 300 g/mol. The van der Waals surface area contributed by atoms with Gasteiger partial charge in [0.25, 0.3) is 0 Å².